The number of H-pyrrole nitrogens is 1. The van der Waals surface area contributed by atoms with Crippen molar-refractivity contribution in [3.8, 4) is 17.3 Å². The Labute approximate surface area is 152 Å². The molecule has 0 saturated heterocycles. The van der Waals surface area contributed by atoms with Crippen LogP contribution in [-0.2, 0) is 0 Å². The Kier molecular flexibility index (Phi) is 3.53. The number of benzene rings is 1. The van der Waals surface area contributed by atoms with E-state index in [0.29, 0.717) is 6.04 Å². The van der Waals surface area contributed by atoms with Crippen molar-refractivity contribution in [1.82, 2.24) is 14.5 Å². The minimum absolute atomic E-state index is 0.475. The van der Waals surface area contributed by atoms with Gasteiger partial charge in [0.05, 0.1) is 22.8 Å². The summed E-state index contributed by atoms with van der Waals surface area (Å²) in [6.07, 6.45) is 10.2. The quantitative estimate of drug-likeness (QED) is 0.519. The highest BCUT2D eigenvalue weighted by Crippen LogP contribution is 2.40. The number of hydrogen-bond acceptors (Lipinski definition) is 2. The average Bonchev–Trinajstić information content (AvgIpc) is 3.32. The van der Waals surface area contributed by atoms with Crippen LogP contribution >= 0.6 is 0 Å². The minimum Gasteiger partial charge on any atom is -0.346 e. The highest BCUT2D eigenvalue weighted by Gasteiger charge is 2.23. The molecule has 0 amide bonds. The van der Waals surface area contributed by atoms with Gasteiger partial charge < -0.3 is 9.55 Å². The summed E-state index contributed by atoms with van der Waals surface area (Å²) in [5.41, 5.74) is 5.05. The Bertz CT molecular complexity index is 1140. The first-order chi connectivity index (χ1) is 12.9. The van der Waals surface area contributed by atoms with E-state index < -0.39 is 0 Å². The maximum absolute atomic E-state index is 9.62. The van der Waals surface area contributed by atoms with Crippen LogP contribution in [0.3, 0.4) is 0 Å². The summed E-state index contributed by atoms with van der Waals surface area (Å²) in [6.45, 7) is 0. The molecule has 0 spiro atoms. The third kappa shape index (κ3) is 2.24. The number of fused-ring (bicyclic) bond motifs is 3. The molecule has 4 nitrogen and oxygen atoms in total. The molecule has 1 N–H and O–H groups in total. The Balaban J connectivity index is 1.86. The zero-order chi connectivity index (χ0) is 17.5. The normalized spacial score (nSPS) is 15.5. The minimum atomic E-state index is 0.475. The molecule has 4 heteroatoms. The SMILES string of the molecule is N#Cc1ccccc1-c1cc2cnc3[nH]ccc3c2n1C1CCCCC1. The van der Waals surface area contributed by atoms with Gasteiger partial charge in [-0.05, 0) is 31.0 Å². The number of rotatable bonds is 2. The van der Waals surface area contributed by atoms with Gasteiger partial charge in [-0.3, -0.25) is 0 Å². The van der Waals surface area contributed by atoms with Crippen LogP contribution in [0.5, 0.6) is 0 Å². The fourth-order valence-corrected chi connectivity index (χ4v) is 4.45. The van der Waals surface area contributed by atoms with E-state index in [-0.39, 0.29) is 0 Å². The third-order valence-electron chi connectivity index (χ3n) is 5.64. The van der Waals surface area contributed by atoms with Crippen molar-refractivity contribution in [1.29, 1.82) is 5.26 Å². The van der Waals surface area contributed by atoms with Gasteiger partial charge in [0.2, 0.25) is 0 Å². The molecule has 1 saturated carbocycles. The van der Waals surface area contributed by atoms with E-state index in [4.69, 9.17) is 0 Å². The zero-order valence-corrected chi connectivity index (χ0v) is 14.6. The number of nitrogens with one attached hydrogen (secondary N) is 1. The van der Waals surface area contributed by atoms with Gasteiger partial charge in [0.25, 0.3) is 0 Å². The van der Waals surface area contributed by atoms with Crippen LogP contribution in [0, 0.1) is 11.3 Å². The summed E-state index contributed by atoms with van der Waals surface area (Å²) >= 11 is 0. The van der Waals surface area contributed by atoms with E-state index in [9.17, 15) is 5.26 Å². The van der Waals surface area contributed by atoms with Gasteiger partial charge in [-0.2, -0.15) is 5.26 Å². The average molecular weight is 340 g/mol. The molecule has 0 unspecified atom stereocenters. The molecule has 128 valence electrons. The van der Waals surface area contributed by atoms with Gasteiger partial charge in [-0.15, -0.1) is 0 Å². The van der Waals surface area contributed by atoms with Crippen molar-refractivity contribution in [3.05, 3.63) is 54.4 Å². The van der Waals surface area contributed by atoms with Gasteiger partial charge in [0, 0.05) is 34.8 Å². The molecule has 3 heterocycles. The molecule has 5 rings (SSSR count). The molecule has 1 aliphatic carbocycles. The van der Waals surface area contributed by atoms with Gasteiger partial charge >= 0.3 is 0 Å². The predicted molar refractivity (Wildman–Crippen MR) is 104 cm³/mol. The Morgan fingerprint density at radius 1 is 1.12 bits per heavy atom. The number of aromatic nitrogens is 3. The first kappa shape index (κ1) is 15.2. The second-order valence-corrected chi connectivity index (χ2v) is 7.15. The lowest BCUT2D eigenvalue weighted by Gasteiger charge is -2.27. The summed E-state index contributed by atoms with van der Waals surface area (Å²) in [4.78, 5) is 7.81. The zero-order valence-electron chi connectivity index (χ0n) is 14.6. The van der Waals surface area contributed by atoms with Crippen LogP contribution in [0.2, 0.25) is 0 Å². The molecule has 0 atom stereocenters. The van der Waals surface area contributed by atoms with E-state index >= 15 is 0 Å². The predicted octanol–water partition coefficient (Wildman–Crippen LogP) is 5.56. The van der Waals surface area contributed by atoms with Crippen molar-refractivity contribution in [2.24, 2.45) is 0 Å². The first-order valence-corrected chi connectivity index (χ1v) is 9.33. The van der Waals surface area contributed by atoms with Gasteiger partial charge in [0.1, 0.15) is 5.65 Å². The van der Waals surface area contributed by atoms with E-state index in [0.717, 1.165) is 33.2 Å². The number of hydrogen-bond donors (Lipinski definition) is 1. The number of aromatic amines is 1. The Hall–Kier alpha value is -3.06. The smallest absolute Gasteiger partial charge is 0.139 e. The highest BCUT2D eigenvalue weighted by molar-refractivity contribution is 6.05. The lowest BCUT2D eigenvalue weighted by Crippen LogP contribution is -2.14. The van der Waals surface area contributed by atoms with Crippen LogP contribution in [0.4, 0.5) is 0 Å². The highest BCUT2D eigenvalue weighted by atomic mass is 15.0. The molecule has 1 aliphatic rings. The monoisotopic (exact) mass is 340 g/mol. The fraction of sp³-hybridized carbons (Fsp3) is 0.273. The van der Waals surface area contributed by atoms with Crippen LogP contribution in [0.1, 0.15) is 43.7 Å². The molecule has 1 fully saturated rings. The standard InChI is InChI=1S/C22H20N4/c23-13-15-6-4-5-9-18(15)20-12-16-14-25-22-19(10-11-24-22)21(16)26(20)17-7-2-1-3-8-17/h4-6,9-12,14,17H,1-3,7-8H2,(H,24,25). The fourth-order valence-electron chi connectivity index (χ4n) is 4.45. The van der Waals surface area contributed by atoms with E-state index in [1.54, 1.807) is 0 Å². The molecule has 3 aromatic heterocycles. The summed E-state index contributed by atoms with van der Waals surface area (Å²) in [5, 5.41) is 11.9. The van der Waals surface area contributed by atoms with Gasteiger partial charge in [-0.25, -0.2) is 4.98 Å². The van der Waals surface area contributed by atoms with Crippen LogP contribution in [-0.4, -0.2) is 14.5 Å². The first-order valence-electron chi connectivity index (χ1n) is 9.33. The Morgan fingerprint density at radius 3 is 2.81 bits per heavy atom. The molecule has 0 radical (unpaired) electrons. The van der Waals surface area contributed by atoms with E-state index in [1.165, 1.54) is 37.6 Å². The summed E-state index contributed by atoms with van der Waals surface area (Å²) in [7, 11) is 0. The van der Waals surface area contributed by atoms with Crippen LogP contribution < -0.4 is 0 Å². The molecule has 26 heavy (non-hydrogen) atoms. The number of pyridine rings is 1. The molecule has 1 aromatic carbocycles. The van der Waals surface area contributed by atoms with E-state index in [2.05, 4.69) is 38.8 Å². The van der Waals surface area contributed by atoms with Crippen molar-refractivity contribution in [3.63, 3.8) is 0 Å². The van der Waals surface area contributed by atoms with Crippen LogP contribution in [0.15, 0.2) is 48.8 Å². The second-order valence-electron chi connectivity index (χ2n) is 7.15. The van der Waals surface area contributed by atoms with E-state index in [1.807, 2.05) is 30.6 Å². The van der Waals surface area contributed by atoms with Crippen molar-refractivity contribution >= 4 is 21.9 Å². The number of nitriles is 1. The van der Waals surface area contributed by atoms with Crippen molar-refractivity contribution < 1.29 is 0 Å². The topological polar surface area (TPSA) is 57.4 Å². The van der Waals surface area contributed by atoms with Crippen LogP contribution in [0.25, 0.3) is 33.2 Å². The molecule has 0 bridgehead atoms. The van der Waals surface area contributed by atoms with Crippen molar-refractivity contribution in [2.45, 2.75) is 38.1 Å². The largest absolute Gasteiger partial charge is 0.346 e. The molecule has 0 aliphatic heterocycles. The maximum Gasteiger partial charge on any atom is 0.139 e. The lowest BCUT2D eigenvalue weighted by molar-refractivity contribution is 0.363. The maximum atomic E-state index is 9.62. The number of nitrogens with zero attached hydrogens (tertiary/aromatic N) is 3. The van der Waals surface area contributed by atoms with Gasteiger partial charge in [-0.1, -0.05) is 37.5 Å². The van der Waals surface area contributed by atoms with Crippen molar-refractivity contribution in [2.75, 3.05) is 0 Å². The second kappa shape index (κ2) is 6.03. The lowest BCUT2D eigenvalue weighted by atomic mass is 9.94. The molecule has 4 aromatic rings. The van der Waals surface area contributed by atoms with Gasteiger partial charge in [0.15, 0.2) is 0 Å². The Morgan fingerprint density at radius 2 is 1.96 bits per heavy atom. The molecular weight excluding hydrogens is 320 g/mol. The summed E-state index contributed by atoms with van der Waals surface area (Å²) < 4.78 is 2.49. The summed E-state index contributed by atoms with van der Waals surface area (Å²) in [5.74, 6) is 0. The summed E-state index contributed by atoms with van der Waals surface area (Å²) in [6, 6.07) is 15.1. The third-order valence-corrected chi connectivity index (χ3v) is 5.64. The molecular formula is C22H20N4.